The van der Waals surface area contributed by atoms with E-state index in [1.807, 2.05) is 29.9 Å². The fraction of sp³-hybridized carbons (Fsp3) is 0.353. The lowest BCUT2D eigenvalue weighted by Gasteiger charge is -2.30. The van der Waals surface area contributed by atoms with Crippen LogP contribution >= 0.6 is 23.2 Å². The fourth-order valence-electron chi connectivity index (χ4n) is 6.60. The number of anilines is 1. The number of nitrogens with one attached hydrogen (secondary N) is 1. The van der Waals surface area contributed by atoms with E-state index in [-0.39, 0.29) is 34.7 Å². The number of ether oxygens (including phenoxy) is 1. The average molecular weight is 718 g/mol. The summed E-state index contributed by atoms with van der Waals surface area (Å²) in [6, 6.07) is 9.99. The van der Waals surface area contributed by atoms with Crippen molar-refractivity contribution in [2.24, 2.45) is 5.92 Å². The Balaban J connectivity index is 1.24. The van der Waals surface area contributed by atoms with E-state index in [2.05, 4.69) is 15.6 Å². The van der Waals surface area contributed by atoms with Crippen LogP contribution in [0.2, 0.25) is 10.2 Å². The van der Waals surface area contributed by atoms with Gasteiger partial charge in [-0.1, -0.05) is 41.8 Å². The molecule has 2 amide bonds. The lowest BCUT2D eigenvalue weighted by molar-refractivity contribution is -0.119. The summed E-state index contributed by atoms with van der Waals surface area (Å²) < 4.78 is 9.85. The van der Waals surface area contributed by atoms with Gasteiger partial charge in [0.15, 0.2) is 5.15 Å². The molecule has 1 N–H and O–H groups in total. The Hall–Kier alpha value is -5.08. The SMILES string of the molecule is COC(=O)N1CCC(n2cc3c(n2)-c2ccnc(c2)C(n2cnc(-c4cc(Cl)ccc4-n4cc(Cl)nn4)cc2=O)CCCC(C)C(=O)N3)CC1. The summed E-state index contributed by atoms with van der Waals surface area (Å²) in [5.74, 6) is -0.392. The molecule has 2 atom stereocenters. The van der Waals surface area contributed by atoms with Gasteiger partial charge in [0.2, 0.25) is 5.91 Å². The van der Waals surface area contributed by atoms with Crippen molar-refractivity contribution < 1.29 is 14.3 Å². The van der Waals surface area contributed by atoms with Gasteiger partial charge in [0.1, 0.15) is 5.69 Å². The highest BCUT2D eigenvalue weighted by atomic mass is 35.5. The first-order valence-corrected chi connectivity index (χ1v) is 17.1. The third-order valence-corrected chi connectivity index (χ3v) is 9.75. The molecule has 14 nitrogen and oxygen atoms in total. The minimum absolute atomic E-state index is 0.0344. The van der Waals surface area contributed by atoms with E-state index in [0.717, 1.165) is 5.56 Å². The van der Waals surface area contributed by atoms with E-state index in [1.54, 1.807) is 40.1 Å². The molecule has 7 rings (SSSR count). The van der Waals surface area contributed by atoms with Gasteiger partial charge in [-0.2, -0.15) is 5.10 Å². The molecule has 1 aromatic carbocycles. The highest BCUT2D eigenvalue weighted by molar-refractivity contribution is 6.31. The number of aromatic nitrogens is 8. The molecule has 4 aromatic heterocycles. The number of hydrogen-bond acceptors (Lipinski definition) is 9. The number of piperidine rings is 1. The number of amides is 2. The number of halogens is 2. The Labute approximate surface area is 297 Å². The summed E-state index contributed by atoms with van der Waals surface area (Å²) in [5, 5.41) is 16.7. The number of carbonyl (C=O) groups excluding carboxylic acids is 2. The largest absolute Gasteiger partial charge is 0.453 e. The zero-order valence-electron chi connectivity index (χ0n) is 27.4. The Morgan fingerprint density at radius 3 is 2.56 bits per heavy atom. The van der Waals surface area contributed by atoms with Crippen LogP contribution in [0.1, 0.15) is 56.8 Å². The number of likely N-dealkylation sites (tertiary alicyclic amines) is 1. The van der Waals surface area contributed by atoms with Crippen LogP contribution < -0.4 is 10.9 Å². The summed E-state index contributed by atoms with van der Waals surface area (Å²) in [5.41, 5.74) is 3.94. The van der Waals surface area contributed by atoms with Crippen LogP contribution in [0.3, 0.4) is 0 Å². The number of nitrogens with zero attached hydrogens (tertiary/aromatic N) is 9. The van der Waals surface area contributed by atoms with Crippen LogP contribution in [-0.4, -0.2) is 76.4 Å². The molecular formula is C34H34Cl2N10O4. The predicted molar refractivity (Wildman–Crippen MR) is 186 cm³/mol. The molecule has 2 bridgehead atoms. The number of rotatable bonds is 4. The summed E-state index contributed by atoms with van der Waals surface area (Å²) in [4.78, 5) is 50.4. The lowest BCUT2D eigenvalue weighted by Crippen LogP contribution is -2.39. The van der Waals surface area contributed by atoms with Crippen LogP contribution in [0.25, 0.3) is 28.2 Å². The minimum Gasteiger partial charge on any atom is -0.453 e. The van der Waals surface area contributed by atoms with E-state index < -0.39 is 6.04 Å². The number of fused-ring (bicyclic) bond motifs is 4. The summed E-state index contributed by atoms with van der Waals surface area (Å²) in [6.45, 7) is 2.98. The summed E-state index contributed by atoms with van der Waals surface area (Å²) in [6.07, 6.45) is 9.51. The van der Waals surface area contributed by atoms with E-state index in [4.69, 9.17) is 43.0 Å². The molecule has 1 saturated heterocycles. The van der Waals surface area contributed by atoms with Crippen LogP contribution in [0.5, 0.6) is 0 Å². The van der Waals surface area contributed by atoms with Gasteiger partial charge in [-0.25, -0.2) is 14.5 Å². The van der Waals surface area contributed by atoms with Crippen molar-refractivity contribution in [1.82, 2.24) is 44.2 Å². The van der Waals surface area contributed by atoms with Crippen molar-refractivity contribution in [2.75, 3.05) is 25.5 Å². The quantitative estimate of drug-likeness (QED) is 0.243. The molecule has 0 radical (unpaired) electrons. The summed E-state index contributed by atoms with van der Waals surface area (Å²) >= 11 is 12.4. The molecule has 5 aromatic rings. The van der Waals surface area contributed by atoms with Gasteiger partial charge in [-0.15, -0.1) is 5.10 Å². The zero-order chi connectivity index (χ0) is 34.9. The van der Waals surface area contributed by atoms with Gasteiger partial charge in [-0.3, -0.25) is 23.8 Å². The number of methoxy groups -OCH3 is 1. The standard InChI is InChI=1S/C34H34Cl2N10O4/c1-20-4-3-5-29(44-19-38-25(16-31(44)47)24-15-22(35)6-7-28(24)46-18-30(36)40-42-46)26-14-21(8-11-37-26)32-27(39-33(20)48)17-45(41-32)23-9-12-43(13-10-23)34(49)50-2/h6-8,11,14-20,23,29H,3-5,9-10,12-13H2,1-2H3,(H,39,48). The third-order valence-electron chi connectivity index (χ3n) is 9.34. The predicted octanol–water partition coefficient (Wildman–Crippen LogP) is 5.81. The van der Waals surface area contributed by atoms with E-state index in [1.165, 1.54) is 24.2 Å². The Kier molecular flexibility index (Phi) is 9.38. The van der Waals surface area contributed by atoms with Crippen molar-refractivity contribution in [2.45, 2.75) is 51.1 Å². The van der Waals surface area contributed by atoms with Gasteiger partial charge in [0, 0.05) is 53.6 Å². The van der Waals surface area contributed by atoms with Gasteiger partial charge in [0.25, 0.3) is 5.56 Å². The van der Waals surface area contributed by atoms with Gasteiger partial charge in [-0.05, 0) is 56.0 Å². The van der Waals surface area contributed by atoms with Crippen molar-refractivity contribution in [3.63, 3.8) is 0 Å². The second-order valence-electron chi connectivity index (χ2n) is 12.5. The second-order valence-corrected chi connectivity index (χ2v) is 13.4. The third kappa shape index (κ3) is 6.72. The minimum atomic E-state index is -0.458. The van der Waals surface area contributed by atoms with Crippen LogP contribution in [0, 0.1) is 5.92 Å². The summed E-state index contributed by atoms with van der Waals surface area (Å²) in [7, 11) is 1.38. The fourth-order valence-corrected chi connectivity index (χ4v) is 6.90. The van der Waals surface area contributed by atoms with E-state index in [9.17, 15) is 14.4 Å². The molecule has 16 heteroatoms. The van der Waals surface area contributed by atoms with E-state index in [0.29, 0.717) is 84.2 Å². The number of pyridine rings is 1. The first-order chi connectivity index (χ1) is 24.2. The maximum atomic E-state index is 13.9. The smallest absolute Gasteiger partial charge is 0.409 e. The lowest BCUT2D eigenvalue weighted by atomic mass is 9.97. The highest BCUT2D eigenvalue weighted by Gasteiger charge is 2.28. The molecule has 0 saturated carbocycles. The second kappa shape index (κ2) is 14.0. The van der Waals surface area contributed by atoms with Gasteiger partial charge < -0.3 is 15.0 Å². The molecule has 1 fully saturated rings. The van der Waals surface area contributed by atoms with Crippen molar-refractivity contribution in [3.8, 4) is 28.2 Å². The molecule has 258 valence electrons. The Bertz CT molecular complexity index is 2120. The molecule has 6 heterocycles. The molecule has 2 aliphatic rings. The van der Waals surface area contributed by atoms with Gasteiger partial charge >= 0.3 is 6.09 Å². The Morgan fingerprint density at radius 2 is 1.82 bits per heavy atom. The van der Waals surface area contributed by atoms with E-state index >= 15 is 0 Å². The highest BCUT2D eigenvalue weighted by Crippen LogP contribution is 2.35. The van der Waals surface area contributed by atoms with Crippen LogP contribution in [0.15, 0.2) is 66.1 Å². The normalized spacial score (nSPS) is 18.5. The number of benzene rings is 1. The maximum Gasteiger partial charge on any atom is 0.409 e. The van der Waals surface area contributed by atoms with Crippen molar-refractivity contribution >= 4 is 40.9 Å². The number of hydrogen-bond donors (Lipinski definition) is 1. The topological polar surface area (TPSA) is 155 Å². The van der Waals surface area contributed by atoms with Gasteiger partial charge in [0.05, 0.1) is 54.5 Å². The zero-order valence-corrected chi connectivity index (χ0v) is 28.9. The van der Waals surface area contributed by atoms with Crippen molar-refractivity contribution in [1.29, 1.82) is 0 Å². The molecule has 2 unspecified atom stereocenters. The molecule has 2 aliphatic heterocycles. The maximum absolute atomic E-state index is 13.9. The first kappa shape index (κ1) is 33.4. The average Bonchev–Trinajstić information content (AvgIpc) is 3.76. The monoisotopic (exact) mass is 716 g/mol. The molecular weight excluding hydrogens is 683 g/mol. The molecule has 0 spiro atoms. The Morgan fingerprint density at radius 1 is 1.00 bits per heavy atom. The van der Waals surface area contributed by atoms with Crippen LogP contribution in [0.4, 0.5) is 10.5 Å². The molecule has 0 aliphatic carbocycles. The number of carbonyl (C=O) groups is 2. The molecule has 50 heavy (non-hydrogen) atoms. The van der Waals surface area contributed by atoms with Crippen LogP contribution in [-0.2, 0) is 9.53 Å². The first-order valence-electron chi connectivity index (χ1n) is 16.3. The van der Waals surface area contributed by atoms with Crippen molar-refractivity contribution in [3.05, 3.63) is 87.5 Å².